The second-order valence-electron chi connectivity index (χ2n) is 4.12. The lowest BCUT2D eigenvalue weighted by Gasteiger charge is -2.04. The van der Waals surface area contributed by atoms with Gasteiger partial charge in [-0.25, -0.2) is 4.98 Å². The zero-order valence-electron chi connectivity index (χ0n) is 9.81. The van der Waals surface area contributed by atoms with Crippen molar-refractivity contribution in [3.63, 3.8) is 0 Å². The molecule has 1 heterocycles. The first kappa shape index (κ1) is 14.2. The summed E-state index contributed by atoms with van der Waals surface area (Å²) in [6.45, 7) is 2.26. The average Bonchev–Trinajstić information content (AvgIpc) is 2.28. The monoisotopic (exact) mass is 347 g/mol. The number of nitrogens with zero attached hydrogens (tertiary/aromatic N) is 1. The molecule has 0 aromatic carbocycles. The van der Waals surface area contributed by atoms with Crippen molar-refractivity contribution in [2.45, 2.75) is 51.9 Å². The standard InChI is InChI=1S/C13H19Br2N/c1-2-3-4-5-6-7-8-11-9-13(15)16-10-12(11)14/h9-10H,2-8H2,1H3. The van der Waals surface area contributed by atoms with E-state index < -0.39 is 0 Å². The van der Waals surface area contributed by atoms with E-state index >= 15 is 0 Å². The molecule has 1 aromatic heterocycles. The molecule has 0 fully saturated rings. The van der Waals surface area contributed by atoms with E-state index in [0.717, 1.165) is 15.5 Å². The van der Waals surface area contributed by atoms with Gasteiger partial charge in [-0.2, -0.15) is 0 Å². The minimum Gasteiger partial charge on any atom is -0.248 e. The predicted octanol–water partition coefficient (Wildman–Crippen LogP) is 5.51. The molecular formula is C13H19Br2N. The molecule has 0 saturated carbocycles. The third kappa shape index (κ3) is 5.44. The lowest BCUT2D eigenvalue weighted by Crippen LogP contribution is -1.90. The summed E-state index contributed by atoms with van der Waals surface area (Å²) in [5.74, 6) is 0. The molecule has 0 atom stereocenters. The van der Waals surface area contributed by atoms with Crippen molar-refractivity contribution >= 4 is 31.9 Å². The molecule has 0 amide bonds. The highest BCUT2D eigenvalue weighted by Gasteiger charge is 2.01. The molecule has 1 aromatic rings. The molecule has 16 heavy (non-hydrogen) atoms. The van der Waals surface area contributed by atoms with Crippen molar-refractivity contribution in [3.05, 3.63) is 26.9 Å². The molecular weight excluding hydrogens is 330 g/mol. The summed E-state index contributed by atoms with van der Waals surface area (Å²) < 4.78 is 2.06. The molecule has 3 heteroatoms. The van der Waals surface area contributed by atoms with Gasteiger partial charge < -0.3 is 0 Å². The van der Waals surface area contributed by atoms with Crippen molar-refractivity contribution in [1.82, 2.24) is 4.98 Å². The van der Waals surface area contributed by atoms with E-state index in [2.05, 4.69) is 49.8 Å². The van der Waals surface area contributed by atoms with Crippen LogP contribution in [-0.4, -0.2) is 4.98 Å². The number of aryl methyl sites for hydroxylation is 1. The number of aromatic nitrogens is 1. The predicted molar refractivity (Wildman–Crippen MR) is 76.7 cm³/mol. The molecule has 0 N–H and O–H groups in total. The van der Waals surface area contributed by atoms with E-state index in [1.54, 1.807) is 0 Å². The Kier molecular flexibility index (Phi) is 7.30. The third-order valence-corrected chi connectivity index (χ3v) is 3.85. The Morgan fingerprint density at radius 2 is 1.75 bits per heavy atom. The van der Waals surface area contributed by atoms with Crippen LogP contribution in [0.4, 0.5) is 0 Å². The number of rotatable bonds is 7. The Labute approximate surface area is 115 Å². The first-order chi connectivity index (χ1) is 7.74. The fourth-order valence-electron chi connectivity index (χ4n) is 1.74. The maximum Gasteiger partial charge on any atom is 0.106 e. The molecule has 0 aliphatic heterocycles. The van der Waals surface area contributed by atoms with Gasteiger partial charge in [-0.3, -0.25) is 0 Å². The lowest BCUT2D eigenvalue weighted by atomic mass is 10.1. The molecule has 1 rings (SSSR count). The largest absolute Gasteiger partial charge is 0.248 e. The topological polar surface area (TPSA) is 12.9 Å². The quantitative estimate of drug-likeness (QED) is 0.467. The van der Waals surface area contributed by atoms with E-state index in [-0.39, 0.29) is 0 Å². The molecule has 0 bridgehead atoms. The first-order valence-corrected chi connectivity index (χ1v) is 7.62. The number of pyridine rings is 1. The van der Waals surface area contributed by atoms with Crippen LogP contribution in [0, 0.1) is 0 Å². The summed E-state index contributed by atoms with van der Waals surface area (Å²) in [7, 11) is 0. The first-order valence-electron chi connectivity index (χ1n) is 6.04. The van der Waals surface area contributed by atoms with E-state index in [9.17, 15) is 0 Å². The van der Waals surface area contributed by atoms with Crippen molar-refractivity contribution < 1.29 is 0 Å². The van der Waals surface area contributed by atoms with Gasteiger partial charge in [-0.15, -0.1) is 0 Å². The highest BCUT2D eigenvalue weighted by atomic mass is 79.9. The van der Waals surface area contributed by atoms with E-state index in [4.69, 9.17) is 0 Å². The van der Waals surface area contributed by atoms with Crippen LogP contribution in [-0.2, 0) is 6.42 Å². The molecule has 0 aliphatic rings. The van der Waals surface area contributed by atoms with Crippen LogP contribution in [0.15, 0.2) is 21.3 Å². The second-order valence-corrected chi connectivity index (χ2v) is 5.78. The van der Waals surface area contributed by atoms with Crippen LogP contribution >= 0.6 is 31.9 Å². The number of hydrogen-bond donors (Lipinski definition) is 0. The van der Waals surface area contributed by atoms with Gasteiger partial charge in [-0.05, 0) is 56.3 Å². The Bertz CT molecular complexity index is 313. The SMILES string of the molecule is CCCCCCCCc1cc(Br)ncc1Br. The summed E-state index contributed by atoms with van der Waals surface area (Å²) in [6, 6.07) is 2.11. The van der Waals surface area contributed by atoms with Gasteiger partial charge in [0.2, 0.25) is 0 Å². The number of halogens is 2. The van der Waals surface area contributed by atoms with E-state index in [1.165, 1.54) is 44.1 Å². The van der Waals surface area contributed by atoms with Crippen molar-refractivity contribution in [3.8, 4) is 0 Å². The maximum absolute atomic E-state index is 4.18. The Hall–Kier alpha value is 0.110. The Balaban J connectivity index is 2.23. The molecule has 0 spiro atoms. The van der Waals surface area contributed by atoms with Crippen molar-refractivity contribution in [2.75, 3.05) is 0 Å². The molecule has 0 unspecified atom stereocenters. The van der Waals surface area contributed by atoms with Gasteiger partial charge in [0.15, 0.2) is 0 Å². The molecule has 0 aliphatic carbocycles. The smallest absolute Gasteiger partial charge is 0.106 e. The van der Waals surface area contributed by atoms with Gasteiger partial charge in [0, 0.05) is 10.7 Å². The van der Waals surface area contributed by atoms with Crippen molar-refractivity contribution in [1.29, 1.82) is 0 Å². The van der Waals surface area contributed by atoms with Gasteiger partial charge in [0.25, 0.3) is 0 Å². The fourth-order valence-corrected chi connectivity index (χ4v) is 2.53. The average molecular weight is 349 g/mol. The summed E-state index contributed by atoms with van der Waals surface area (Å²) in [5, 5.41) is 0. The van der Waals surface area contributed by atoms with Crippen molar-refractivity contribution in [2.24, 2.45) is 0 Å². The Morgan fingerprint density at radius 3 is 2.50 bits per heavy atom. The molecule has 90 valence electrons. The zero-order chi connectivity index (χ0) is 11.8. The maximum atomic E-state index is 4.18. The number of hydrogen-bond acceptors (Lipinski definition) is 1. The normalized spacial score (nSPS) is 10.7. The Morgan fingerprint density at radius 1 is 1.06 bits per heavy atom. The van der Waals surface area contributed by atoms with Crippen LogP contribution < -0.4 is 0 Å². The number of unbranched alkanes of at least 4 members (excludes halogenated alkanes) is 5. The summed E-state index contributed by atoms with van der Waals surface area (Å²) in [6.07, 6.45) is 11.1. The van der Waals surface area contributed by atoms with Crippen LogP contribution in [0.25, 0.3) is 0 Å². The molecule has 1 nitrogen and oxygen atoms in total. The van der Waals surface area contributed by atoms with Gasteiger partial charge in [0.05, 0.1) is 0 Å². The lowest BCUT2D eigenvalue weighted by molar-refractivity contribution is 0.607. The van der Waals surface area contributed by atoms with Crippen LogP contribution in [0.3, 0.4) is 0 Å². The third-order valence-electron chi connectivity index (χ3n) is 2.70. The minimum atomic E-state index is 0.927. The second kappa shape index (κ2) is 8.24. The molecule has 0 saturated heterocycles. The molecule has 0 radical (unpaired) electrons. The highest BCUT2D eigenvalue weighted by molar-refractivity contribution is 9.11. The zero-order valence-corrected chi connectivity index (χ0v) is 13.0. The van der Waals surface area contributed by atoms with Crippen LogP contribution in [0.5, 0.6) is 0 Å². The summed E-state index contributed by atoms with van der Waals surface area (Å²) in [4.78, 5) is 4.18. The summed E-state index contributed by atoms with van der Waals surface area (Å²) >= 11 is 6.95. The van der Waals surface area contributed by atoms with Crippen LogP contribution in [0.2, 0.25) is 0 Å². The van der Waals surface area contributed by atoms with Gasteiger partial charge in [-0.1, -0.05) is 39.0 Å². The van der Waals surface area contributed by atoms with E-state index in [1.807, 2.05) is 6.20 Å². The fraction of sp³-hybridized carbons (Fsp3) is 0.615. The van der Waals surface area contributed by atoms with Gasteiger partial charge >= 0.3 is 0 Å². The van der Waals surface area contributed by atoms with Crippen LogP contribution in [0.1, 0.15) is 51.0 Å². The van der Waals surface area contributed by atoms with E-state index in [0.29, 0.717) is 0 Å². The minimum absolute atomic E-state index is 0.927. The summed E-state index contributed by atoms with van der Waals surface area (Å²) in [5.41, 5.74) is 1.36. The van der Waals surface area contributed by atoms with Gasteiger partial charge in [0.1, 0.15) is 4.60 Å². The highest BCUT2D eigenvalue weighted by Crippen LogP contribution is 2.21.